The smallest absolute Gasteiger partial charge is 0.313 e. The van der Waals surface area contributed by atoms with Crippen molar-refractivity contribution in [3.8, 4) is 0 Å². The fourth-order valence-electron chi connectivity index (χ4n) is 2.76. The highest BCUT2D eigenvalue weighted by molar-refractivity contribution is 6.17. The van der Waals surface area contributed by atoms with Crippen molar-refractivity contribution in [1.82, 2.24) is 0 Å². The fourth-order valence-corrected chi connectivity index (χ4v) is 2.89. The molecule has 1 fully saturated rings. The molecule has 1 saturated heterocycles. The molecule has 0 aromatic rings. The van der Waals surface area contributed by atoms with E-state index in [9.17, 15) is 0 Å². The summed E-state index contributed by atoms with van der Waals surface area (Å²) in [7, 11) is 0. The molecule has 0 amide bonds. The van der Waals surface area contributed by atoms with Crippen LogP contribution in [0.3, 0.4) is 0 Å². The molecule has 19 heavy (non-hydrogen) atoms. The van der Waals surface area contributed by atoms with Gasteiger partial charge in [0.1, 0.15) is 5.60 Å². The summed E-state index contributed by atoms with van der Waals surface area (Å²) in [5.41, 5.74) is -0.555. The van der Waals surface area contributed by atoms with Crippen LogP contribution in [0.1, 0.15) is 46.5 Å². The molecule has 1 aliphatic rings. The Labute approximate surface area is 121 Å². The third-order valence-corrected chi connectivity index (χ3v) is 3.65. The zero-order valence-electron chi connectivity index (χ0n) is 12.4. The van der Waals surface area contributed by atoms with E-state index in [-0.39, 0.29) is 0 Å². The van der Waals surface area contributed by atoms with Crippen LogP contribution < -0.4 is 0 Å². The minimum atomic E-state index is -1.09. The number of rotatable bonds is 9. The molecule has 114 valence electrons. The molecule has 1 unspecified atom stereocenters. The molecule has 1 heterocycles. The minimum Gasteiger partial charge on any atom is -0.367 e. The second-order valence-corrected chi connectivity index (χ2v) is 4.97. The Balaban J connectivity index is 3.01. The quantitative estimate of drug-likeness (QED) is 0.483. The number of ether oxygens (including phenoxy) is 4. The van der Waals surface area contributed by atoms with E-state index in [4.69, 9.17) is 30.5 Å². The molecule has 1 rings (SSSR count). The SMILES string of the molecule is CCOC1(CCCCl)CCCOC1(OCC)OCC. The lowest BCUT2D eigenvalue weighted by Gasteiger charge is -2.50. The monoisotopic (exact) mass is 294 g/mol. The summed E-state index contributed by atoms with van der Waals surface area (Å²) in [5.74, 6) is -0.486. The highest BCUT2D eigenvalue weighted by Crippen LogP contribution is 2.43. The maximum Gasteiger partial charge on any atom is 0.313 e. The molecule has 1 atom stereocenters. The maximum atomic E-state index is 6.06. The first-order chi connectivity index (χ1) is 9.20. The van der Waals surface area contributed by atoms with Gasteiger partial charge in [0.25, 0.3) is 0 Å². The van der Waals surface area contributed by atoms with E-state index < -0.39 is 11.6 Å². The van der Waals surface area contributed by atoms with Crippen LogP contribution in [0, 0.1) is 0 Å². The molecule has 0 aliphatic carbocycles. The Morgan fingerprint density at radius 2 is 1.68 bits per heavy atom. The summed E-state index contributed by atoms with van der Waals surface area (Å²) >= 11 is 5.85. The van der Waals surface area contributed by atoms with Gasteiger partial charge in [-0.05, 0) is 46.5 Å². The molecule has 4 nitrogen and oxygen atoms in total. The van der Waals surface area contributed by atoms with Gasteiger partial charge in [-0.2, -0.15) is 0 Å². The van der Waals surface area contributed by atoms with Crippen molar-refractivity contribution in [3.63, 3.8) is 0 Å². The van der Waals surface area contributed by atoms with Gasteiger partial charge in [0.2, 0.25) is 0 Å². The van der Waals surface area contributed by atoms with E-state index in [2.05, 4.69) is 0 Å². The molecule has 0 bridgehead atoms. The predicted molar refractivity (Wildman–Crippen MR) is 75.5 cm³/mol. The first-order valence-corrected chi connectivity index (χ1v) is 7.85. The van der Waals surface area contributed by atoms with Crippen LogP contribution in [0.4, 0.5) is 0 Å². The van der Waals surface area contributed by atoms with Gasteiger partial charge in [0.05, 0.1) is 6.61 Å². The van der Waals surface area contributed by atoms with Crippen molar-refractivity contribution in [2.45, 2.75) is 58.0 Å². The van der Waals surface area contributed by atoms with E-state index in [0.717, 1.165) is 25.7 Å². The summed E-state index contributed by atoms with van der Waals surface area (Å²) < 4.78 is 23.7. The van der Waals surface area contributed by atoms with Crippen LogP contribution >= 0.6 is 11.6 Å². The molecular formula is C14H27ClO4. The van der Waals surface area contributed by atoms with Gasteiger partial charge < -0.3 is 18.9 Å². The predicted octanol–water partition coefficient (Wildman–Crippen LogP) is 3.32. The van der Waals surface area contributed by atoms with Gasteiger partial charge in [-0.25, -0.2) is 0 Å². The maximum absolute atomic E-state index is 6.06. The Bertz CT molecular complexity index is 234. The lowest BCUT2D eigenvalue weighted by Crippen LogP contribution is -2.63. The van der Waals surface area contributed by atoms with Crippen molar-refractivity contribution in [1.29, 1.82) is 0 Å². The van der Waals surface area contributed by atoms with Crippen LogP contribution in [-0.4, -0.2) is 43.9 Å². The summed E-state index contributed by atoms with van der Waals surface area (Å²) in [6, 6.07) is 0. The van der Waals surface area contributed by atoms with E-state index in [0.29, 0.717) is 32.3 Å². The number of halogens is 1. The molecule has 5 heteroatoms. The molecule has 0 aromatic carbocycles. The summed E-state index contributed by atoms with van der Waals surface area (Å²) in [6.07, 6.45) is 3.46. The van der Waals surface area contributed by atoms with Crippen LogP contribution in [0.2, 0.25) is 0 Å². The van der Waals surface area contributed by atoms with Gasteiger partial charge in [-0.1, -0.05) is 0 Å². The van der Waals surface area contributed by atoms with Gasteiger partial charge in [-0.15, -0.1) is 11.6 Å². The van der Waals surface area contributed by atoms with Gasteiger partial charge >= 0.3 is 5.97 Å². The largest absolute Gasteiger partial charge is 0.367 e. The Kier molecular flexibility index (Phi) is 7.62. The van der Waals surface area contributed by atoms with Crippen LogP contribution in [0.25, 0.3) is 0 Å². The molecule has 0 saturated carbocycles. The normalized spacial score (nSPS) is 26.5. The average Bonchev–Trinajstić information content (AvgIpc) is 2.40. The third kappa shape index (κ3) is 3.82. The lowest BCUT2D eigenvalue weighted by atomic mass is 9.87. The highest BCUT2D eigenvalue weighted by atomic mass is 35.5. The Morgan fingerprint density at radius 1 is 1.05 bits per heavy atom. The second kappa shape index (κ2) is 8.42. The summed E-state index contributed by atoms with van der Waals surface area (Å²) in [4.78, 5) is 0. The average molecular weight is 295 g/mol. The Morgan fingerprint density at radius 3 is 2.21 bits per heavy atom. The third-order valence-electron chi connectivity index (χ3n) is 3.38. The molecule has 0 aromatic heterocycles. The molecule has 1 aliphatic heterocycles. The molecular weight excluding hydrogens is 268 g/mol. The highest BCUT2D eigenvalue weighted by Gasteiger charge is 2.57. The van der Waals surface area contributed by atoms with E-state index in [1.54, 1.807) is 0 Å². The summed E-state index contributed by atoms with van der Waals surface area (Å²) in [5, 5.41) is 0. The zero-order chi connectivity index (χ0) is 14.2. The van der Waals surface area contributed by atoms with Crippen LogP contribution in [0.5, 0.6) is 0 Å². The fraction of sp³-hybridized carbons (Fsp3) is 1.00. The lowest BCUT2D eigenvalue weighted by molar-refractivity contribution is -0.459. The van der Waals surface area contributed by atoms with E-state index in [1.807, 2.05) is 20.8 Å². The van der Waals surface area contributed by atoms with Crippen LogP contribution in [0.15, 0.2) is 0 Å². The summed E-state index contributed by atoms with van der Waals surface area (Å²) in [6.45, 7) is 8.16. The zero-order valence-corrected chi connectivity index (χ0v) is 13.1. The first kappa shape index (κ1) is 17.2. The number of hydrogen-bond acceptors (Lipinski definition) is 4. The van der Waals surface area contributed by atoms with Crippen LogP contribution in [-0.2, 0) is 18.9 Å². The van der Waals surface area contributed by atoms with Crippen molar-refractivity contribution in [2.24, 2.45) is 0 Å². The second-order valence-electron chi connectivity index (χ2n) is 4.59. The van der Waals surface area contributed by atoms with Crippen molar-refractivity contribution in [3.05, 3.63) is 0 Å². The Hall–Kier alpha value is 0.130. The first-order valence-electron chi connectivity index (χ1n) is 7.32. The number of hydrogen-bond donors (Lipinski definition) is 0. The molecule has 0 N–H and O–H groups in total. The van der Waals surface area contributed by atoms with E-state index >= 15 is 0 Å². The standard InChI is InChI=1S/C14H27ClO4/c1-4-16-13(9-7-11-15)10-8-12-19-14(13,17-5-2)18-6-3/h4-12H2,1-3H3. The van der Waals surface area contributed by atoms with Gasteiger partial charge in [0, 0.05) is 25.7 Å². The van der Waals surface area contributed by atoms with Gasteiger partial charge in [-0.3, -0.25) is 0 Å². The van der Waals surface area contributed by atoms with Gasteiger partial charge in [0.15, 0.2) is 0 Å². The van der Waals surface area contributed by atoms with Crippen molar-refractivity contribution in [2.75, 3.05) is 32.3 Å². The minimum absolute atomic E-state index is 0.524. The topological polar surface area (TPSA) is 36.9 Å². The van der Waals surface area contributed by atoms with E-state index in [1.165, 1.54) is 0 Å². The van der Waals surface area contributed by atoms with Crippen molar-refractivity contribution < 1.29 is 18.9 Å². The molecule has 0 spiro atoms. The van der Waals surface area contributed by atoms with Crippen molar-refractivity contribution >= 4 is 11.6 Å². The number of alkyl halides is 1. The molecule has 0 radical (unpaired) electrons.